The molecule has 0 unspecified atom stereocenters. The number of methoxy groups -OCH3 is 3. The van der Waals surface area contributed by atoms with Crippen molar-refractivity contribution in [3.05, 3.63) is 59.7 Å². The lowest BCUT2D eigenvalue weighted by Gasteiger charge is -2.25. The van der Waals surface area contributed by atoms with Crippen molar-refractivity contribution < 1.29 is 14.2 Å². The second-order valence-corrected chi connectivity index (χ2v) is 5.41. The van der Waals surface area contributed by atoms with Gasteiger partial charge in [-0.25, -0.2) is 0 Å². The average Bonchev–Trinajstić information content (AvgIpc) is 2.61. The second kappa shape index (κ2) is 8.56. The Hall–Kier alpha value is -2.04. The lowest BCUT2D eigenvalue weighted by molar-refractivity contribution is 0.0728. The maximum atomic E-state index is 5.68. The summed E-state index contributed by atoms with van der Waals surface area (Å²) < 4.78 is 16.3. The summed E-state index contributed by atoms with van der Waals surface area (Å²) in [6, 6.07) is 16.2. The zero-order valence-corrected chi connectivity index (χ0v) is 14.2. The van der Waals surface area contributed by atoms with Crippen molar-refractivity contribution in [2.75, 3.05) is 21.3 Å². The van der Waals surface area contributed by atoms with Gasteiger partial charge in [0.05, 0.1) is 20.3 Å². The molecule has 2 aromatic carbocycles. The lowest BCUT2D eigenvalue weighted by Crippen LogP contribution is -2.32. The van der Waals surface area contributed by atoms with Crippen molar-refractivity contribution in [2.24, 2.45) is 0 Å². The van der Waals surface area contributed by atoms with E-state index in [0.717, 1.165) is 29.2 Å². The van der Waals surface area contributed by atoms with Gasteiger partial charge in [-0.05, 0) is 30.7 Å². The van der Waals surface area contributed by atoms with E-state index in [4.69, 9.17) is 14.2 Å². The van der Waals surface area contributed by atoms with Crippen molar-refractivity contribution in [2.45, 2.75) is 25.6 Å². The number of para-hydroxylation sites is 1. The SMILES string of the molecule is COc1ccc([C@H](OC)[C@@H](C)NCc2ccccc2OC)cc1. The summed E-state index contributed by atoms with van der Waals surface area (Å²) in [5, 5.41) is 3.52. The second-order valence-electron chi connectivity index (χ2n) is 5.41. The van der Waals surface area contributed by atoms with Crippen molar-refractivity contribution >= 4 is 0 Å². The van der Waals surface area contributed by atoms with Crippen LogP contribution in [0.4, 0.5) is 0 Å². The van der Waals surface area contributed by atoms with Crippen LogP contribution in [-0.4, -0.2) is 27.4 Å². The van der Waals surface area contributed by atoms with Crippen molar-refractivity contribution in [3.8, 4) is 11.5 Å². The lowest BCUT2D eigenvalue weighted by atomic mass is 10.0. The normalized spacial score (nSPS) is 13.4. The van der Waals surface area contributed by atoms with E-state index >= 15 is 0 Å². The quantitative estimate of drug-likeness (QED) is 0.808. The first-order chi connectivity index (χ1) is 11.2. The average molecular weight is 315 g/mol. The van der Waals surface area contributed by atoms with Gasteiger partial charge < -0.3 is 19.5 Å². The van der Waals surface area contributed by atoms with Gasteiger partial charge in [-0.2, -0.15) is 0 Å². The molecule has 2 atom stereocenters. The summed E-state index contributed by atoms with van der Waals surface area (Å²) in [6.07, 6.45) is -0.0318. The van der Waals surface area contributed by atoms with Crippen LogP contribution in [0.1, 0.15) is 24.2 Å². The minimum absolute atomic E-state index is 0.0318. The topological polar surface area (TPSA) is 39.7 Å². The van der Waals surface area contributed by atoms with E-state index < -0.39 is 0 Å². The fraction of sp³-hybridized carbons (Fsp3) is 0.368. The predicted molar refractivity (Wildman–Crippen MR) is 92.0 cm³/mol. The molecular formula is C19H25NO3. The van der Waals surface area contributed by atoms with Gasteiger partial charge in [0.15, 0.2) is 0 Å². The Morgan fingerprint density at radius 1 is 0.913 bits per heavy atom. The van der Waals surface area contributed by atoms with Gasteiger partial charge in [-0.15, -0.1) is 0 Å². The Labute approximate surface area is 138 Å². The maximum Gasteiger partial charge on any atom is 0.123 e. The van der Waals surface area contributed by atoms with E-state index in [2.05, 4.69) is 18.3 Å². The fourth-order valence-corrected chi connectivity index (χ4v) is 2.65. The monoisotopic (exact) mass is 315 g/mol. The minimum atomic E-state index is -0.0318. The Morgan fingerprint density at radius 2 is 1.61 bits per heavy atom. The van der Waals surface area contributed by atoms with Crippen LogP contribution in [0.5, 0.6) is 11.5 Å². The van der Waals surface area contributed by atoms with Gasteiger partial charge in [-0.1, -0.05) is 30.3 Å². The van der Waals surface area contributed by atoms with Crippen LogP contribution in [-0.2, 0) is 11.3 Å². The van der Waals surface area contributed by atoms with Crippen LogP contribution in [0.2, 0.25) is 0 Å². The van der Waals surface area contributed by atoms with Gasteiger partial charge in [-0.3, -0.25) is 0 Å². The first kappa shape index (κ1) is 17.3. The molecule has 0 bridgehead atoms. The molecule has 1 N–H and O–H groups in total. The molecule has 23 heavy (non-hydrogen) atoms. The molecule has 0 saturated carbocycles. The number of benzene rings is 2. The number of hydrogen-bond donors (Lipinski definition) is 1. The largest absolute Gasteiger partial charge is 0.497 e. The van der Waals surface area contributed by atoms with Gasteiger partial charge in [0.2, 0.25) is 0 Å². The molecule has 2 aromatic rings. The molecule has 0 aliphatic rings. The molecule has 0 fully saturated rings. The Bertz CT molecular complexity index is 598. The van der Waals surface area contributed by atoms with Crippen LogP contribution in [0, 0.1) is 0 Å². The standard InChI is InChI=1S/C19H25NO3/c1-14(20-13-16-7-5-6-8-18(16)22-3)19(23-4)15-9-11-17(21-2)12-10-15/h5-12,14,19-20H,13H2,1-4H3/t14-,19-/m1/s1. The Balaban J connectivity index is 2.03. The zero-order valence-electron chi connectivity index (χ0n) is 14.2. The Kier molecular flexibility index (Phi) is 6.44. The molecule has 0 aromatic heterocycles. The van der Waals surface area contributed by atoms with E-state index in [9.17, 15) is 0 Å². The predicted octanol–water partition coefficient (Wildman–Crippen LogP) is 3.57. The molecule has 4 heteroatoms. The van der Waals surface area contributed by atoms with Crippen LogP contribution in [0.3, 0.4) is 0 Å². The van der Waals surface area contributed by atoms with E-state index in [-0.39, 0.29) is 12.1 Å². The third-order valence-electron chi connectivity index (χ3n) is 3.96. The fourth-order valence-electron chi connectivity index (χ4n) is 2.65. The van der Waals surface area contributed by atoms with Gasteiger partial charge in [0, 0.05) is 25.3 Å². The van der Waals surface area contributed by atoms with Crippen molar-refractivity contribution in [1.82, 2.24) is 5.32 Å². The summed E-state index contributed by atoms with van der Waals surface area (Å²) in [7, 11) is 5.09. The number of rotatable bonds is 8. The summed E-state index contributed by atoms with van der Waals surface area (Å²) in [5.74, 6) is 1.74. The van der Waals surface area contributed by atoms with Crippen LogP contribution >= 0.6 is 0 Å². The third kappa shape index (κ3) is 4.47. The molecule has 0 heterocycles. The first-order valence-electron chi connectivity index (χ1n) is 7.71. The molecule has 0 radical (unpaired) electrons. The molecule has 4 nitrogen and oxygen atoms in total. The molecule has 0 aliphatic carbocycles. The van der Waals surface area contributed by atoms with E-state index in [1.54, 1.807) is 21.3 Å². The summed E-state index contributed by atoms with van der Waals surface area (Å²) in [5.41, 5.74) is 2.25. The highest BCUT2D eigenvalue weighted by atomic mass is 16.5. The molecular weight excluding hydrogens is 290 g/mol. The number of hydrogen-bond acceptors (Lipinski definition) is 4. The summed E-state index contributed by atoms with van der Waals surface area (Å²) in [6.45, 7) is 2.84. The third-order valence-corrected chi connectivity index (χ3v) is 3.96. The van der Waals surface area contributed by atoms with E-state index in [1.165, 1.54) is 0 Å². The highest BCUT2D eigenvalue weighted by molar-refractivity contribution is 5.33. The highest BCUT2D eigenvalue weighted by Gasteiger charge is 2.19. The van der Waals surface area contributed by atoms with Crippen LogP contribution < -0.4 is 14.8 Å². The molecule has 0 spiro atoms. The smallest absolute Gasteiger partial charge is 0.123 e. The minimum Gasteiger partial charge on any atom is -0.497 e. The molecule has 0 saturated heterocycles. The van der Waals surface area contributed by atoms with E-state index in [1.807, 2.05) is 42.5 Å². The number of ether oxygens (including phenoxy) is 3. The molecule has 0 amide bonds. The maximum absolute atomic E-state index is 5.68. The highest BCUT2D eigenvalue weighted by Crippen LogP contribution is 2.24. The van der Waals surface area contributed by atoms with Gasteiger partial charge in [0.1, 0.15) is 11.5 Å². The molecule has 0 aliphatic heterocycles. The molecule has 2 rings (SSSR count). The summed E-state index contributed by atoms with van der Waals surface area (Å²) >= 11 is 0. The van der Waals surface area contributed by atoms with Gasteiger partial charge in [0.25, 0.3) is 0 Å². The van der Waals surface area contributed by atoms with Crippen LogP contribution in [0.15, 0.2) is 48.5 Å². The van der Waals surface area contributed by atoms with E-state index in [0.29, 0.717) is 0 Å². The number of nitrogens with one attached hydrogen (secondary N) is 1. The van der Waals surface area contributed by atoms with Crippen LogP contribution in [0.25, 0.3) is 0 Å². The van der Waals surface area contributed by atoms with Crippen molar-refractivity contribution in [1.29, 1.82) is 0 Å². The van der Waals surface area contributed by atoms with Gasteiger partial charge >= 0.3 is 0 Å². The summed E-state index contributed by atoms with van der Waals surface area (Å²) in [4.78, 5) is 0. The zero-order chi connectivity index (χ0) is 16.7. The van der Waals surface area contributed by atoms with Crippen molar-refractivity contribution in [3.63, 3.8) is 0 Å². The first-order valence-corrected chi connectivity index (χ1v) is 7.71. The Morgan fingerprint density at radius 3 is 2.22 bits per heavy atom. The molecule has 124 valence electrons.